The van der Waals surface area contributed by atoms with Crippen molar-refractivity contribution in [2.45, 2.75) is 4.21 Å². The van der Waals surface area contributed by atoms with Crippen molar-refractivity contribution in [3.8, 4) is 0 Å². The Labute approximate surface area is 145 Å². The van der Waals surface area contributed by atoms with Crippen LogP contribution in [0.2, 0.25) is 0 Å². The second kappa shape index (κ2) is 7.60. The normalized spacial score (nSPS) is 16.5. The molecule has 5 nitrogen and oxygen atoms in total. The summed E-state index contributed by atoms with van der Waals surface area (Å²) in [5, 5.41) is 1.75. The van der Waals surface area contributed by atoms with Crippen molar-refractivity contribution < 1.29 is 12.8 Å². The summed E-state index contributed by atoms with van der Waals surface area (Å²) in [6, 6.07) is 10.1. The molecule has 2 aromatic rings. The fraction of sp³-hybridized carbons (Fsp3) is 0.375. The monoisotopic (exact) mass is 369 g/mol. The Kier molecular flexibility index (Phi) is 5.50. The first-order chi connectivity index (χ1) is 11.6. The Balaban J connectivity index is 1.46. The van der Waals surface area contributed by atoms with E-state index >= 15 is 0 Å². The minimum absolute atomic E-state index is 0.199. The molecule has 8 heteroatoms. The molecule has 0 aliphatic carbocycles. The van der Waals surface area contributed by atoms with Crippen molar-refractivity contribution in [2.75, 3.05) is 44.2 Å². The average Bonchev–Trinajstić information content (AvgIpc) is 3.11. The topological polar surface area (TPSA) is 52.7 Å². The second-order valence-corrected chi connectivity index (χ2v) is 8.55. The quantitative estimate of drug-likeness (QED) is 0.846. The average molecular weight is 369 g/mol. The third-order valence-corrected chi connectivity index (χ3v) is 6.90. The van der Waals surface area contributed by atoms with E-state index in [0.29, 0.717) is 23.0 Å². The summed E-state index contributed by atoms with van der Waals surface area (Å²) < 4.78 is 40.9. The maximum Gasteiger partial charge on any atom is 0.250 e. The maximum atomic E-state index is 13.8. The fourth-order valence-corrected chi connectivity index (χ4v) is 4.80. The maximum absolute atomic E-state index is 13.8. The number of anilines is 1. The SMILES string of the molecule is O=S(=O)(NCCN1CCN(c2ccccc2F)CC1)c1cccs1. The lowest BCUT2D eigenvalue weighted by Gasteiger charge is -2.36. The van der Waals surface area contributed by atoms with Gasteiger partial charge in [-0.1, -0.05) is 18.2 Å². The summed E-state index contributed by atoms with van der Waals surface area (Å²) in [7, 11) is -3.40. The van der Waals surface area contributed by atoms with Crippen LogP contribution in [0.15, 0.2) is 46.0 Å². The van der Waals surface area contributed by atoms with Crippen LogP contribution in [0.5, 0.6) is 0 Å². The number of thiophene rings is 1. The zero-order valence-corrected chi connectivity index (χ0v) is 14.8. The number of nitrogens with zero attached hydrogens (tertiary/aromatic N) is 2. The smallest absolute Gasteiger partial charge is 0.250 e. The fourth-order valence-electron chi connectivity index (χ4n) is 2.75. The van der Waals surface area contributed by atoms with Crippen LogP contribution < -0.4 is 9.62 Å². The van der Waals surface area contributed by atoms with E-state index in [1.165, 1.54) is 17.4 Å². The highest BCUT2D eigenvalue weighted by atomic mass is 32.2. The van der Waals surface area contributed by atoms with Gasteiger partial charge in [0.2, 0.25) is 10.0 Å². The number of halogens is 1. The molecule has 0 unspecified atom stereocenters. The van der Waals surface area contributed by atoms with Gasteiger partial charge in [-0.05, 0) is 23.6 Å². The van der Waals surface area contributed by atoms with E-state index in [1.54, 1.807) is 29.6 Å². The number of hydrogen-bond acceptors (Lipinski definition) is 5. The van der Waals surface area contributed by atoms with E-state index in [1.807, 2.05) is 11.0 Å². The standard InChI is InChI=1S/C16H20FN3O2S2/c17-14-4-1-2-5-15(14)20-11-9-19(10-12-20)8-7-18-24(21,22)16-6-3-13-23-16/h1-6,13,18H,7-12H2. The lowest BCUT2D eigenvalue weighted by atomic mass is 10.2. The third kappa shape index (κ3) is 4.13. The number of nitrogens with one attached hydrogen (secondary N) is 1. The van der Waals surface area contributed by atoms with Crippen molar-refractivity contribution in [1.29, 1.82) is 0 Å². The molecule has 0 spiro atoms. The summed E-state index contributed by atoms with van der Waals surface area (Å²) in [6.07, 6.45) is 0. The van der Waals surface area contributed by atoms with Gasteiger partial charge in [-0.3, -0.25) is 4.90 Å². The number of hydrogen-bond donors (Lipinski definition) is 1. The van der Waals surface area contributed by atoms with E-state index in [9.17, 15) is 12.8 Å². The van der Waals surface area contributed by atoms with E-state index in [-0.39, 0.29) is 5.82 Å². The zero-order valence-electron chi connectivity index (χ0n) is 13.2. The van der Waals surface area contributed by atoms with Gasteiger partial charge in [-0.2, -0.15) is 0 Å². The minimum Gasteiger partial charge on any atom is -0.367 e. The summed E-state index contributed by atoms with van der Waals surface area (Å²) in [6.45, 7) is 4.07. The molecule has 2 heterocycles. The van der Waals surface area contributed by atoms with E-state index in [0.717, 1.165) is 26.2 Å². The highest BCUT2D eigenvalue weighted by Crippen LogP contribution is 2.20. The first-order valence-electron chi connectivity index (χ1n) is 7.81. The van der Waals surface area contributed by atoms with Crippen molar-refractivity contribution in [3.05, 3.63) is 47.6 Å². The molecule has 1 N–H and O–H groups in total. The van der Waals surface area contributed by atoms with Crippen molar-refractivity contribution in [3.63, 3.8) is 0 Å². The highest BCUT2D eigenvalue weighted by Gasteiger charge is 2.20. The van der Waals surface area contributed by atoms with Crippen molar-refractivity contribution in [2.24, 2.45) is 0 Å². The molecule has 1 aliphatic rings. The number of sulfonamides is 1. The Morgan fingerprint density at radius 1 is 1.08 bits per heavy atom. The van der Waals surface area contributed by atoms with Crippen LogP contribution in [0.4, 0.5) is 10.1 Å². The molecule has 0 atom stereocenters. The second-order valence-electron chi connectivity index (χ2n) is 5.61. The lowest BCUT2D eigenvalue weighted by Crippen LogP contribution is -2.48. The zero-order chi connectivity index (χ0) is 17.0. The summed E-state index contributed by atoms with van der Waals surface area (Å²) in [5.74, 6) is -0.199. The largest absolute Gasteiger partial charge is 0.367 e. The van der Waals surface area contributed by atoms with Gasteiger partial charge in [-0.15, -0.1) is 11.3 Å². The predicted molar refractivity (Wildman–Crippen MR) is 94.6 cm³/mol. The third-order valence-electron chi connectivity index (χ3n) is 4.05. The molecule has 130 valence electrons. The summed E-state index contributed by atoms with van der Waals surface area (Å²) in [5.41, 5.74) is 0.635. The van der Waals surface area contributed by atoms with Gasteiger partial charge in [0.1, 0.15) is 10.0 Å². The number of benzene rings is 1. The Hall–Kier alpha value is -1.48. The van der Waals surface area contributed by atoms with Crippen LogP contribution in [0, 0.1) is 5.82 Å². The van der Waals surface area contributed by atoms with Crippen molar-refractivity contribution >= 4 is 27.0 Å². The van der Waals surface area contributed by atoms with Crippen LogP contribution in [0.3, 0.4) is 0 Å². The van der Waals surface area contributed by atoms with Crippen LogP contribution in [-0.4, -0.2) is 52.6 Å². The first-order valence-corrected chi connectivity index (χ1v) is 10.2. The van der Waals surface area contributed by atoms with E-state index < -0.39 is 10.0 Å². The molecule has 1 fully saturated rings. The molecule has 1 aliphatic heterocycles. The van der Waals surface area contributed by atoms with Gasteiger partial charge in [-0.25, -0.2) is 17.5 Å². The Morgan fingerprint density at radius 2 is 1.83 bits per heavy atom. The van der Waals surface area contributed by atoms with E-state index in [4.69, 9.17) is 0 Å². The van der Waals surface area contributed by atoms with Crippen LogP contribution in [0.1, 0.15) is 0 Å². The number of piperazine rings is 1. The van der Waals surface area contributed by atoms with Gasteiger partial charge in [0.25, 0.3) is 0 Å². The molecule has 0 amide bonds. The molecule has 0 bridgehead atoms. The molecular formula is C16H20FN3O2S2. The summed E-state index contributed by atoms with van der Waals surface area (Å²) in [4.78, 5) is 4.22. The van der Waals surface area contributed by atoms with Gasteiger partial charge in [0.15, 0.2) is 0 Å². The summed E-state index contributed by atoms with van der Waals surface area (Å²) >= 11 is 1.21. The molecular weight excluding hydrogens is 349 g/mol. The van der Waals surface area contributed by atoms with Gasteiger partial charge in [0, 0.05) is 39.3 Å². The molecule has 1 saturated heterocycles. The number of rotatable bonds is 6. The first kappa shape index (κ1) is 17.3. The molecule has 0 saturated carbocycles. The van der Waals surface area contributed by atoms with Gasteiger partial charge < -0.3 is 4.90 Å². The van der Waals surface area contributed by atoms with Gasteiger partial charge in [0.05, 0.1) is 5.69 Å². The predicted octanol–water partition coefficient (Wildman–Crippen LogP) is 1.99. The van der Waals surface area contributed by atoms with Crippen LogP contribution >= 0.6 is 11.3 Å². The van der Waals surface area contributed by atoms with Crippen LogP contribution in [0.25, 0.3) is 0 Å². The molecule has 0 radical (unpaired) electrons. The minimum atomic E-state index is -3.40. The Morgan fingerprint density at radius 3 is 2.50 bits per heavy atom. The highest BCUT2D eigenvalue weighted by molar-refractivity contribution is 7.91. The molecule has 1 aromatic carbocycles. The van der Waals surface area contributed by atoms with E-state index in [2.05, 4.69) is 9.62 Å². The number of para-hydroxylation sites is 1. The molecule has 24 heavy (non-hydrogen) atoms. The molecule has 1 aromatic heterocycles. The Bertz CT molecular complexity index is 757. The van der Waals surface area contributed by atoms with Gasteiger partial charge >= 0.3 is 0 Å². The van der Waals surface area contributed by atoms with Crippen LogP contribution in [-0.2, 0) is 10.0 Å². The molecule has 3 rings (SSSR count). The lowest BCUT2D eigenvalue weighted by molar-refractivity contribution is 0.261. The van der Waals surface area contributed by atoms with Crippen molar-refractivity contribution in [1.82, 2.24) is 9.62 Å².